The smallest absolute Gasteiger partial charge is 0.332 e. The predicted molar refractivity (Wildman–Crippen MR) is 72.4 cm³/mol. The van der Waals surface area contributed by atoms with Gasteiger partial charge in [-0.3, -0.25) is 0 Å². The number of nitrogens with two attached hydrogens (primary N) is 1. The minimum Gasteiger partial charge on any atom is -0.332 e. The molecule has 0 amide bonds. The molecule has 0 fully saturated rings. The monoisotopic (exact) mass is 285 g/mol. The average Bonchev–Trinajstić information content (AvgIpc) is 2.74. The van der Waals surface area contributed by atoms with Crippen LogP contribution in [0.2, 0.25) is 0 Å². The maximum absolute atomic E-state index is 12.4. The third-order valence-electron chi connectivity index (χ3n) is 3.36. The van der Waals surface area contributed by atoms with Crippen LogP contribution in [0.4, 0.5) is 13.2 Å². The maximum atomic E-state index is 12.4. The fourth-order valence-electron chi connectivity index (χ4n) is 2.20. The van der Waals surface area contributed by atoms with E-state index in [0.717, 1.165) is 17.4 Å². The molecule has 0 aliphatic rings. The number of pyridine rings is 1. The van der Waals surface area contributed by atoms with Gasteiger partial charge in [-0.2, -0.15) is 13.2 Å². The number of nitrogens with zero attached hydrogens (tertiary/aromatic N) is 2. The minimum atomic E-state index is -4.16. The first-order valence-corrected chi connectivity index (χ1v) is 6.65. The van der Waals surface area contributed by atoms with Crippen LogP contribution in [0.15, 0.2) is 24.5 Å². The lowest BCUT2D eigenvalue weighted by molar-refractivity contribution is -0.136. The molecule has 0 saturated carbocycles. The van der Waals surface area contributed by atoms with Gasteiger partial charge >= 0.3 is 6.18 Å². The number of halogens is 3. The predicted octanol–water partition coefficient (Wildman–Crippen LogP) is 3.27. The highest BCUT2D eigenvalue weighted by Crippen LogP contribution is 2.25. The van der Waals surface area contributed by atoms with Gasteiger partial charge in [0.15, 0.2) is 0 Å². The summed E-state index contributed by atoms with van der Waals surface area (Å²) >= 11 is 0. The van der Waals surface area contributed by atoms with E-state index in [1.807, 2.05) is 13.0 Å². The van der Waals surface area contributed by atoms with E-state index in [4.69, 9.17) is 5.73 Å². The molecule has 0 bridgehead atoms. The molecule has 0 spiro atoms. The minimum absolute atomic E-state index is 0.0110. The Kier molecular flexibility index (Phi) is 4.32. The molecule has 0 aliphatic carbocycles. The number of alkyl halides is 3. The fourth-order valence-corrected chi connectivity index (χ4v) is 2.20. The summed E-state index contributed by atoms with van der Waals surface area (Å²) < 4.78 is 38.6. The first-order chi connectivity index (χ1) is 9.40. The Labute approximate surface area is 115 Å². The van der Waals surface area contributed by atoms with E-state index >= 15 is 0 Å². The highest BCUT2D eigenvalue weighted by Gasteiger charge is 2.27. The van der Waals surface area contributed by atoms with Crippen molar-refractivity contribution in [3.63, 3.8) is 0 Å². The lowest BCUT2D eigenvalue weighted by Gasteiger charge is -2.08. The summed E-state index contributed by atoms with van der Waals surface area (Å²) in [6.07, 6.45) is -0.194. The van der Waals surface area contributed by atoms with Crippen molar-refractivity contribution >= 4 is 11.0 Å². The van der Waals surface area contributed by atoms with E-state index in [0.29, 0.717) is 12.1 Å². The molecule has 0 radical (unpaired) electrons. The lowest BCUT2D eigenvalue weighted by atomic mass is 10.1. The van der Waals surface area contributed by atoms with Crippen LogP contribution in [0.3, 0.4) is 0 Å². The molecule has 1 unspecified atom stereocenters. The Balaban J connectivity index is 2.30. The highest BCUT2D eigenvalue weighted by atomic mass is 19.4. The molecule has 110 valence electrons. The molecule has 6 heteroatoms. The third kappa shape index (κ3) is 3.50. The second-order valence-electron chi connectivity index (χ2n) is 4.96. The molecular weight excluding hydrogens is 267 g/mol. The fraction of sp³-hybridized carbons (Fsp3) is 0.500. The van der Waals surface area contributed by atoms with E-state index in [-0.39, 0.29) is 12.6 Å². The summed E-state index contributed by atoms with van der Waals surface area (Å²) in [4.78, 5) is 4.19. The van der Waals surface area contributed by atoms with Crippen molar-refractivity contribution < 1.29 is 13.2 Å². The van der Waals surface area contributed by atoms with Crippen LogP contribution in [0.1, 0.15) is 25.3 Å². The maximum Gasteiger partial charge on any atom is 0.390 e. The van der Waals surface area contributed by atoms with Gasteiger partial charge in [0.25, 0.3) is 0 Å². The van der Waals surface area contributed by atoms with Gasteiger partial charge in [0.1, 0.15) is 5.65 Å². The number of rotatable bonds is 5. The first kappa shape index (κ1) is 14.8. The molecule has 0 aliphatic heterocycles. The number of hydrogen-bond donors (Lipinski definition) is 1. The summed E-state index contributed by atoms with van der Waals surface area (Å²) in [5, 5.41) is 0.888. The van der Waals surface area contributed by atoms with Crippen molar-refractivity contribution in [3.8, 4) is 0 Å². The van der Waals surface area contributed by atoms with E-state index in [2.05, 4.69) is 4.98 Å². The zero-order valence-corrected chi connectivity index (χ0v) is 11.3. The molecule has 2 aromatic heterocycles. The second-order valence-corrected chi connectivity index (χ2v) is 4.96. The van der Waals surface area contributed by atoms with Crippen LogP contribution in [0.25, 0.3) is 11.0 Å². The van der Waals surface area contributed by atoms with Gasteiger partial charge in [-0.15, -0.1) is 0 Å². The van der Waals surface area contributed by atoms with Gasteiger partial charge in [0.05, 0.1) is 6.42 Å². The Morgan fingerprint density at radius 1 is 1.40 bits per heavy atom. The Morgan fingerprint density at radius 2 is 2.15 bits per heavy atom. The second kappa shape index (κ2) is 5.83. The number of aromatic nitrogens is 2. The van der Waals surface area contributed by atoms with E-state index < -0.39 is 12.6 Å². The van der Waals surface area contributed by atoms with Crippen molar-refractivity contribution in [2.75, 3.05) is 0 Å². The summed E-state index contributed by atoms with van der Waals surface area (Å²) in [7, 11) is 0. The molecule has 3 nitrogen and oxygen atoms in total. The van der Waals surface area contributed by atoms with Crippen molar-refractivity contribution in [2.24, 2.45) is 5.73 Å². The standard InChI is InChI=1S/C14H18F3N3/c1-2-11(18)8-10-9-20(7-5-14(15,16)17)13-12(10)4-3-6-19-13/h3-4,6,9,11H,2,5,7-8,18H2,1H3. The van der Waals surface area contributed by atoms with Gasteiger partial charge in [0.2, 0.25) is 0 Å². The zero-order valence-electron chi connectivity index (χ0n) is 11.3. The molecule has 0 aromatic carbocycles. The molecule has 20 heavy (non-hydrogen) atoms. The summed E-state index contributed by atoms with van der Waals surface area (Å²) in [6.45, 7) is 1.88. The summed E-state index contributed by atoms with van der Waals surface area (Å²) in [5.41, 5.74) is 7.49. The summed E-state index contributed by atoms with van der Waals surface area (Å²) in [5.74, 6) is 0. The molecular formula is C14H18F3N3. The number of hydrogen-bond acceptors (Lipinski definition) is 2. The van der Waals surface area contributed by atoms with Crippen LogP contribution in [0.5, 0.6) is 0 Å². The number of fused-ring (bicyclic) bond motifs is 1. The highest BCUT2D eigenvalue weighted by molar-refractivity contribution is 5.80. The van der Waals surface area contributed by atoms with Gasteiger partial charge < -0.3 is 10.3 Å². The van der Waals surface area contributed by atoms with E-state index in [1.54, 1.807) is 23.0 Å². The SMILES string of the molecule is CCC(N)Cc1cn(CCC(F)(F)F)c2ncccc12. The molecule has 2 rings (SSSR count). The van der Waals surface area contributed by atoms with E-state index in [9.17, 15) is 13.2 Å². The Morgan fingerprint density at radius 3 is 2.80 bits per heavy atom. The molecule has 2 heterocycles. The lowest BCUT2D eigenvalue weighted by Crippen LogP contribution is -2.21. The van der Waals surface area contributed by atoms with Gasteiger partial charge in [-0.25, -0.2) is 4.98 Å². The van der Waals surface area contributed by atoms with Gasteiger partial charge in [-0.1, -0.05) is 6.92 Å². The van der Waals surface area contributed by atoms with Gasteiger partial charge in [-0.05, 0) is 30.5 Å². The molecule has 0 saturated heterocycles. The van der Waals surface area contributed by atoms with Crippen LogP contribution >= 0.6 is 0 Å². The van der Waals surface area contributed by atoms with Crippen molar-refractivity contribution in [1.82, 2.24) is 9.55 Å². The van der Waals surface area contributed by atoms with Crippen LogP contribution in [-0.4, -0.2) is 21.8 Å². The quantitative estimate of drug-likeness (QED) is 0.916. The zero-order chi connectivity index (χ0) is 14.8. The van der Waals surface area contributed by atoms with Crippen molar-refractivity contribution in [1.29, 1.82) is 0 Å². The number of aryl methyl sites for hydroxylation is 1. The molecule has 2 N–H and O–H groups in total. The van der Waals surface area contributed by atoms with Crippen LogP contribution < -0.4 is 5.73 Å². The van der Waals surface area contributed by atoms with Crippen LogP contribution in [0, 0.1) is 0 Å². The van der Waals surface area contributed by atoms with Gasteiger partial charge in [0, 0.05) is 30.4 Å². The largest absolute Gasteiger partial charge is 0.390 e. The molecule has 1 atom stereocenters. The average molecular weight is 285 g/mol. The topological polar surface area (TPSA) is 43.8 Å². The van der Waals surface area contributed by atoms with E-state index in [1.165, 1.54) is 0 Å². The van der Waals surface area contributed by atoms with Crippen LogP contribution in [-0.2, 0) is 13.0 Å². The normalized spacial score (nSPS) is 13.8. The van der Waals surface area contributed by atoms with Crippen molar-refractivity contribution in [3.05, 3.63) is 30.1 Å². The Hall–Kier alpha value is -1.56. The summed E-state index contributed by atoms with van der Waals surface area (Å²) in [6, 6.07) is 3.68. The third-order valence-corrected chi connectivity index (χ3v) is 3.36. The van der Waals surface area contributed by atoms with Crippen molar-refractivity contribution in [2.45, 2.75) is 44.9 Å². The Bertz CT molecular complexity index is 575. The molecule has 2 aromatic rings. The first-order valence-electron chi connectivity index (χ1n) is 6.65.